The number of benzene rings is 2. The third-order valence-electron chi connectivity index (χ3n) is 6.69. The first-order valence-electron chi connectivity index (χ1n) is 12.7. The lowest BCUT2D eigenvalue weighted by Gasteiger charge is -2.35. The Labute approximate surface area is 212 Å². The summed E-state index contributed by atoms with van der Waals surface area (Å²) < 4.78 is 1.86. The van der Waals surface area contributed by atoms with E-state index in [-0.39, 0.29) is 5.91 Å². The lowest BCUT2D eigenvalue weighted by Crippen LogP contribution is -2.46. The van der Waals surface area contributed by atoms with Crippen molar-refractivity contribution in [3.8, 4) is 0 Å². The molecule has 8 nitrogen and oxygen atoms in total. The van der Waals surface area contributed by atoms with Crippen LogP contribution in [0.2, 0.25) is 0 Å². The molecule has 1 saturated heterocycles. The SMILES string of the molecule is O=C(CCCc1ccccc1)NCCn1ncc2c(N3CCN(Cc4ccccc4)CC3)ncnc21. The van der Waals surface area contributed by atoms with Crippen LogP contribution in [0.4, 0.5) is 5.82 Å². The van der Waals surface area contributed by atoms with Crippen LogP contribution in [-0.2, 0) is 24.3 Å². The maximum Gasteiger partial charge on any atom is 0.220 e. The molecule has 2 aromatic heterocycles. The minimum atomic E-state index is 0.0751. The zero-order chi connectivity index (χ0) is 24.6. The summed E-state index contributed by atoms with van der Waals surface area (Å²) in [6, 6.07) is 20.9. The summed E-state index contributed by atoms with van der Waals surface area (Å²) in [6.07, 6.45) is 5.75. The predicted octanol–water partition coefficient (Wildman–Crippen LogP) is 3.29. The zero-order valence-corrected chi connectivity index (χ0v) is 20.6. The number of aryl methyl sites for hydroxylation is 1. The number of anilines is 1. The molecule has 1 N–H and O–H groups in total. The van der Waals surface area contributed by atoms with Crippen LogP contribution < -0.4 is 10.2 Å². The highest BCUT2D eigenvalue weighted by molar-refractivity contribution is 5.86. The van der Waals surface area contributed by atoms with Gasteiger partial charge in [-0.3, -0.25) is 9.69 Å². The highest BCUT2D eigenvalue weighted by Gasteiger charge is 2.21. The molecule has 36 heavy (non-hydrogen) atoms. The van der Waals surface area contributed by atoms with Gasteiger partial charge in [0.25, 0.3) is 0 Å². The molecule has 0 bridgehead atoms. The molecule has 1 aliphatic heterocycles. The van der Waals surface area contributed by atoms with Crippen LogP contribution in [0.5, 0.6) is 0 Å². The molecule has 1 aliphatic rings. The van der Waals surface area contributed by atoms with E-state index in [2.05, 4.69) is 72.6 Å². The Morgan fingerprint density at radius 1 is 0.889 bits per heavy atom. The number of nitrogens with zero attached hydrogens (tertiary/aromatic N) is 6. The average molecular weight is 484 g/mol. The average Bonchev–Trinajstić information content (AvgIpc) is 3.34. The number of piperazine rings is 1. The van der Waals surface area contributed by atoms with E-state index in [0.29, 0.717) is 19.5 Å². The fraction of sp³-hybridized carbons (Fsp3) is 0.357. The number of hydrogen-bond acceptors (Lipinski definition) is 6. The van der Waals surface area contributed by atoms with E-state index in [0.717, 1.165) is 62.4 Å². The van der Waals surface area contributed by atoms with Crippen molar-refractivity contribution in [1.29, 1.82) is 0 Å². The second-order valence-corrected chi connectivity index (χ2v) is 9.24. The van der Waals surface area contributed by atoms with Crippen molar-refractivity contribution in [3.05, 3.63) is 84.3 Å². The van der Waals surface area contributed by atoms with Gasteiger partial charge < -0.3 is 10.2 Å². The third kappa shape index (κ3) is 6.07. The highest BCUT2D eigenvalue weighted by Crippen LogP contribution is 2.24. The third-order valence-corrected chi connectivity index (χ3v) is 6.69. The molecule has 0 atom stereocenters. The number of nitrogens with one attached hydrogen (secondary N) is 1. The molecule has 4 aromatic rings. The van der Waals surface area contributed by atoms with Crippen LogP contribution in [0, 0.1) is 0 Å². The van der Waals surface area contributed by atoms with E-state index in [1.165, 1.54) is 11.1 Å². The molecule has 0 spiro atoms. The summed E-state index contributed by atoms with van der Waals surface area (Å²) in [5, 5.41) is 8.52. The van der Waals surface area contributed by atoms with Gasteiger partial charge in [-0.25, -0.2) is 14.6 Å². The van der Waals surface area contributed by atoms with Crippen LogP contribution in [-0.4, -0.2) is 63.3 Å². The largest absolute Gasteiger partial charge is 0.354 e. The summed E-state index contributed by atoms with van der Waals surface area (Å²) in [4.78, 5) is 26.1. The molecular weight excluding hydrogens is 450 g/mol. The van der Waals surface area contributed by atoms with Gasteiger partial charge in [0.05, 0.1) is 18.1 Å². The fourth-order valence-electron chi connectivity index (χ4n) is 4.74. The molecule has 0 aliphatic carbocycles. The topological polar surface area (TPSA) is 79.2 Å². The summed E-state index contributed by atoms with van der Waals surface area (Å²) in [5.41, 5.74) is 3.42. The molecule has 3 heterocycles. The van der Waals surface area contributed by atoms with Gasteiger partial charge in [-0.15, -0.1) is 0 Å². The van der Waals surface area contributed by atoms with Gasteiger partial charge in [0.15, 0.2) is 5.65 Å². The van der Waals surface area contributed by atoms with Gasteiger partial charge in [0.2, 0.25) is 5.91 Å². The Hall–Kier alpha value is -3.78. The Balaban J connectivity index is 1.11. The molecule has 8 heteroatoms. The number of carbonyl (C=O) groups is 1. The molecule has 1 fully saturated rings. The van der Waals surface area contributed by atoms with Crippen molar-refractivity contribution >= 4 is 22.8 Å². The zero-order valence-electron chi connectivity index (χ0n) is 20.6. The first kappa shape index (κ1) is 23.9. The summed E-state index contributed by atoms with van der Waals surface area (Å²) in [6.45, 7) is 5.90. The number of carbonyl (C=O) groups excluding carboxylic acids is 1. The lowest BCUT2D eigenvalue weighted by atomic mass is 10.1. The standard InChI is InChI=1S/C28H33N7O/c36-26(13-7-12-23-8-3-1-4-9-23)29-14-15-35-28-25(20-32-35)27(30-22-31-28)34-18-16-33(17-19-34)21-24-10-5-2-6-11-24/h1-6,8-11,20,22H,7,12-19,21H2,(H,29,36). The van der Waals surface area contributed by atoms with Gasteiger partial charge in [0.1, 0.15) is 12.1 Å². The number of fused-ring (bicyclic) bond motifs is 1. The smallest absolute Gasteiger partial charge is 0.220 e. The Kier molecular flexibility index (Phi) is 7.83. The van der Waals surface area contributed by atoms with Crippen molar-refractivity contribution in [3.63, 3.8) is 0 Å². The van der Waals surface area contributed by atoms with E-state index in [4.69, 9.17) is 0 Å². The number of rotatable bonds is 10. The molecule has 1 amide bonds. The maximum atomic E-state index is 12.3. The summed E-state index contributed by atoms with van der Waals surface area (Å²) >= 11 is 0. The molecule has 0 saturated carbocycles. The second-order valence-electron chi connectivity index (χ2n) is 9.24. The summed E-state index contributed by atoms with van der Waals surface area (Å²) in [7, 11) is 0. The van der Waals surface area contributed by atoms with Gasteiger partial charge in [-0.05, 0) is 24.0 Å². The molecule has 186 valence electrons. The Morgan fingerprint density at radius 3 is 2.36 bits per heavy atom. The maximum absolute atomic E-state index is 12.3. The normalized spacial score (nSPS) is 14.3. The minimum Gasteiger partial charge on any atom is -0.354 e. The molecular formula is C28H33N7O. The Morgan fingerprint density at radius 2 is 1.61 bits per heavy atom. The van der Waals surface area contributed by atoms with Crippen molar-refractivity contribution in [2.75, 3.05) is 37.6 Å². The Bertz CT molecular complexity index is 1250. The molecule has 0 unspecified atom stereocenters. The number of hydrogen-bond donors (Lipinski definition) is 1. The van der Waals surface area contributed by atoms with Gasteiger partial charge in [-0.1, -0.05) is 60.7 Å². The monoisotopic (exact) mass is 483 g/mol. The van der Waals surface area contributed by atoms with E-state index >= 15 is 0 Å². The van der Waals surface area contributed by atoms with E-state index in [1.54, 1.807) is 6.33 Å². The van der Waals surface area contributed by atoms with Crippen LogP contribution in [0.3, 0.4) is 0 Å². The number of amides is 1. The lowest BCUT2D eigenvalue weighted by molar-refractivity contribution is -0.121. The van der Waals surface area contributed by atoms with Crippen LogP contribution in [0.15, 0.2) is 73.2 Å². The first-order valence-corrected chi connectivity index (χ1v) is 12.7. The molecule has 5 rings (SSSR count). The molecule has 2 aromatic carbocycles. The van der Waals surface area contributed by atoms with Crippen molar-refractivity contribution < 1.29 is 4.79 Å². The predicted molar refractivity (Wildman–Crippen MR) is 142 cm³/mol. The second kappa shape index (κ2) is 11.8. The van der Waals surface area contributed by atoms with Crippen molar-refractivity contribution in [1.82, 2.24) is 30.0 Å². The first-order chi connectivity index (χ1) is 17.8. The van der Waals surface area contributed by atoms with E-state index in [9.17, 15) is 4.79 Å². The van der Waals surface area contributed by atoms with Crippen LogP contribution >= 0.6 is 0 Å². The van der Waals surface area contributed by atoms with Gasteiger partial charge >= 0.3 is 0 Å². The van der Waals surface area contributed by atoms with Crippen LogP contribution in [0.1, 0.15) is 24.0 Å². The van der Waals surface area contributed by atoms with Gasteiger partial charge in [0, 0.05) is 45.7 Å². The minimum absolute atomic E-state index is 0.0751. The van der Waals surface area contributed by atoms with E-state index < -0.39 is 0 Å². The van der Waals surface area contributed by atoms with E-state index in [1.807, 2.05) is 29.1 Å². The van der Waals surface area contributed by atoms with Crippen LogP contribution in [0.25, 0.3) is 11.0 Å². The van der Waals surface area contributed by atoms with Crippen molar-refractivity contribution in [2.24, 2.45) is 0 Å². The molecule has 0 radical (unpaired) electrons. The number of aromatic nitrogens is 4. The quantitative estimate of drug-likeness (QED) is 0.373. The highest BCUT2D eigenvalue weighted by atomic mass is 16.1. The summed E-state index contributed by atoms with van der Waals surface area (Å²) in [5.74, 6) is 1.02. The van der Waals surface area contributed by atoms with Gasteiger partial charge in [-0.2, -0.15) is 5.10 Å². The fourth-order valence-corrected chi connectivity index (χ4v) is 4.74. The van der Waals surface area contributed by atoms with Crippen molar-refractivity contribution in [2.45, 2.75) is 32.4 Å².